The highest BCUT2D eigenvalue weighted by molar-refractivity contribution is 5.95. The SMILES string of the molecule is CNC(=O)CC1=Cc2c(ccc3ccc(O)cc23)OC1. The van der Waals surface area contributed by atoms with Crippen LogP contribution in [0.5, 0.6) is 11.5 Å². The lowest BCUT2D eigenvalue weighted by atomic mass is 9.98. The molecule has 0 spiro atoms. The minimum atomic E-state index is -0.0358. The summed E-state index contributed by atoms with van der Waals surface area (Å²) >= 11 is 0. The highest BCUT2D eigenvalue weighted by Gasteiger charge is 2.16. The molecule has 0 atom stereocenters. The number of benzene rings is 2. The molecular weight excluding hydrogens is 254 g/mol. The van der Waals surface area contributed by atoms with Crippen LogP contribution in [-0.4, -0.2) is 24.7 Å². The van der Waals surface area contributed by atoms with Crippen LogP contribution in [0.3, 0.4) is 0 Å². The number of rotatable bonds is 2. The number of hydrogen-bond acceptors (Lipinski definition) is 3. The Morgan fingerprint density at radius 2 is 2.15 bits per heavy atom. The van der Waals surface area contributed by atoms with Crippen LogP contribution in [0, 0.1) is 0 Å². The van der Waals surface area contributed by atoms with E-state index in [0.717, 1.165) is 27.7 Å². The van der Waals surface area contributed by atoms with Gasteiger partial charge < -0.3 is 15.2 Å². The van der Waals surface area contributed by atoms with Crippen molar-refractivity contribution < 1.29 is 14.6 Å². The molecule has 1 aliphatic heterocycles. The molecule has 3 rings (SSSR count). The number of phenolic OH excluding ortho intramolecular Hbond substituents is 1. The predicted molar refractivity (Wildman–Crippen MR) is 77.8 cm³/mol. The first-order valence-electron chi connectivity index (χ1n) is 6.46. The van der Waals surface area contributed by atoms with E-state index in [1.54, 1.807) is 19.2 Å². The van der Waals surface area contributed by atoms with E-state index < -0.39 is 0 Å². The zero-order valence-corrected chi connectivity index (χ0v) is 11.1. The molecule has 0 unspecified atom stereocenters. The van der Waals surface area contributed by atoms with Gasteiger partial charge in [0.25, 0.3) is 0 Å². The first-order valence-corrected chi connectivity index (χ1v) is 6.46. The van der Waals surface area contributed by atoms with Crippen molar-refractivity contribution in [2.45, 2.75) is 6.42 Å². The molecule has 0 saturated heterocycles. The van der Waals surface area contributed by atoms with Crippen molar-refractivity contribution in [1.29, 1.82) is 0 Å². The fraction of sp³-hybridized carbons (Fsp3) is 0.188. The van der Waals surface area contributed by atoms with E-state index in [4.69, 9.17) is 4.74 Å². The number of hydrogen-bond donors (Lipinski definition) is 2. The second-order valence-corrected chi connectivity index (χ2v) is 4.82. The first kappa shape index (κ1) is 12.5. The molecule has 4 heteroatoms. The Morgan fingerprint density at radius 1 is 1.35 bits per heavy atom. The van der Waals surface area contributed by atoms with E-state index in [9.17, 15) is 9.90 Å². The summed E-state index contributed by atoms with van der Waals surface area (Å²) in [6, 6.07) is 9.13. The average Bonchev–Trinajstić information content (AvgIpc) is 2.47. The zero-order chi connectivity index (χ0) is 14.1. The minimum Gasteiger partial charge on any atom is -0.508 e. The normalized spacial score (nSPS) is 13.3. The third kappa shape index (κ3) is 2.20. The van der Waals surface area contributed by atoms with Gasteiger partial charge in [0, 0.05) is 12.6 Å². The van der Waals surface area contributed by atoms with Gasteiger partial charge in [-0.15, -0.1) is 0 Å². The Balaban J connectivity index is 2.10. The first-order chi connectivity index (χ1) is 9.67. The second-order valence-electron chi connectivity index (χ2n) is 4.82. The van der Waals surface area contributed by atoms with Crippen LogP contribution in [0.15, 0.2) is 35.9 Å². The molecule has 0 aliphatic carbocycles. The summed E-state index contributed by atoms with van der Waals surface area (Å²) in [7, 11) is 1.62. The van der Waals surface area contributed by atoms with Crippen molar-refractivity contribution in [3.63, 3.8) is 0 Å². The maximum Gasteiger partial charge on any atom is 0.223 e. The fourth-order valence-corrected chi connectivity index (χ4v) is 2.40. The molecule has 0 radical (unpaired) electrons. The van der Waals surface area contributed by atoms with E-state index in [-0.39, 0.29) is 11.7 Å². The molecule has 4 nitrogen and oxygen atoms in total. The maximum atomic E-state index is 11.5. The molecule has 1 heterocycles. The van der Waals surface area contributed by atoms with Crippen molar-refractivity contribution in [1.82, 2.24) is 5.32 Å². The van der Waals surface area contributed by atoms with E-state index in [1.807, 2.05) is 24.3 Å². The number of aromatic hydroxyl groups is 1. The second kappa shape index (κ2) is 4.89. The lowest BCUT2D eigenvalue weighted by Crippen LogP contribution is -2.20. The summed E-state index contributed by atoms with van der Waals surface area (Å²) in [6.45, 7) is 0.421. The maximum absolute atomic E-state index is 11.5. The van der Waals surface area contributed by atoms with Gasteiger partial charge in [0.15, 0.2) is 0 Å². The number of ether oxygens (including phenoxy) is 1. The van der Waals surface area contributed by atoms with Crippen LogP contribution in [0.2, 0.25) is 0 Å². The smallest absolute Gasteiger partial charge is 0.223 e. The van der Waals surface area contributed by atoms with E-state index in [0.29, 0.717) is 13.0 Å². The molecule has 2 N–H and O–H groups in total. The third-order valence-corrected chi connectivity index (χ3v) is 3.43. The van der Waals surface area contributed by atoms with Crippen LogP contribution in [-0.2, 0) is 4.79 Å². The molecule has 0 bridgehead atoms. The Hall–Kier alpha value is -2.49. The minimum absolute atomic E-state index is 0.0358. The van der Waals surface area contributed by atoms with Crippen LogP contribution in [0.25, 0.3) is 16.8 Å². The van der Waals surface area contributed by atoms with E-state index in [1.165, 1.54) is 0 Å². The van der Waals surface area contributed by atoms with Crippen LogP contribution >= 0.6 is 0 Å². The lowest BCUT2D eigenvalue weighted by Gasteiger charge is -2.19. The predicted octanol–water partition coefficient (Wildman–Crippen LogP) is 2.46. The zero-order valence-electron chi connectivity index (χ0n) is 11.1. The standard InChI is InChI=1S/C16H15NO3/c1-17-16(19)7-10-6-14-13-8-12(18)4-2-11(13)3-5-15(14)20-9-10/h2-6,8,18H,7,9H2,1H3,(H,17,19). The summed E-state index contributed by atoms with van der Waals surface area (Å²) in [5.41, 5.74) is 1.84. The molecule has 2 aromatic carbocycles. The molecule has 0 aromatic heterocycles. The van der Waals surface area contributed by atoms with Crippen molar-refractivity contribution in [2.75, 3.05) is 13.7 Å². The van der Waals surface area contributed by atoms with Gasteiger partial charge in [-0.3, -0.25) is 4.79 Å². The summed E-state index contributed by atoms with van der Waals surface area (Å²) in [5, 5.41) is 14.2. The summed E-state index contributed by atoms with van der Waals surface area (Å²) in [4.78, 5) is 11.5. The molecule has 102 valence electrons. The Labute approximate surface area is 116 Å². The molecule has 1 amide bonds. The number of carbonyl (C=O) groups is 1. The Morgan fingerprint density at radius 3 is 2.95 bits per heavy atom. The van der Waals surface area contributed by atoms with Crippen LogP contribution in [0.4, 0.5) is 0 Å². The summed E-state index contributed by atoms with van der Waals surface area (Å²) in [5.74, 6) is 0.966. The van der Waals surface area contributed by atoms with E-state index in [2.05, 4.69) is 5.32 Å². The molecular formula is C16H15NO3. The lowest BCUT2D eigenvalue weighted by molar-refractivity contribution is -0.120. The van der Waals surface area contributed by atoms with Crippen LogP contribution < -0.4 is 10.1 Å². The molecule has 2 aromatic rings. The highest BCUT2D eigenvalue weighted by atomic mass is 16.5. The molecule has 1 aliphatic rings. The van der Waals surface area contributed by atoms with Gasteiger partial charge in [0.05, 0.1) is 6.42 Å². The number of carbonyl (C=O) groups excluding carboxylic acids is 1. The largest absolute Gasteiger partial charge is 0.508 e. The topological polar surface area (TPSA) is 58.6 Å². The number of fused-ring (bicyclic) bond motifs is 3. The van der Waals surface area contributed by atoms with Gasteiger partial charge in [-0.1, -0.05) is 12.1 Å². The van der Waals surface area contributed by atoms with Crippen molar-refractivity contribution in [3.05, 3.63) is 41.5 Å². The van der Waals surface area contributed by atoms with Gasteiger partial charge in [-0.05, 0) is 40.6 Å². The number of nitrogens with one attached hydrogen (secondary N) is 1. The summed E-state index contributed by atoms with van der Waals surface area (Å²) < 4.78 is 5.70. The van der Waals surface area contributed by atoms with Crippen molar-refractivity contribution in [3.8, 4) is 11.5 Å². The summed E-state index contributed by atoms with van der Waals surface area (Å²) in [6.07, 6.45) is 2.31. The number of amides is 1. The van der Waals surface area contributed by atoms with E-state index >= 15 is 0 Å². The molecule has 0 fully saturated rings. The van der Waals surface area contributed by atoms with Gasteiger partial charge in [0.2, 0.25) is 5.91 Å². The highest BCUT2D eigenvalue weighted by Crippen LogP contribution is 2.35. The van der Waals surface area contributed by atoms with Crippen LogP contribution in [0.1, 0.15) is 12.0 Å². The fourth-order valence-electron chi connectivity index (χ4n) is 2.40. The van der Waals surface area contributed by atoms with Gasteiger partial charge in [-0.2, -0.15) is 0 Å². The van der Waals surface area contributed by atoms with Crippen molar-refractivity contribution >= 4 is 22.8 Å². The van der Waals surface area contributed by atoms with Gasteiger partial charge in [0.1, 0.15) is 18.1 Å². The third-order valence-electron chi connectivity index (χ3n) is 3.43. The Bertz CT molecular complexity index is 719. The van der Waals surface area contributed by atoms with Gasteiger partial charge in [-0.25, -0.2) is 0 Å². The number of phenols is 1. The molecule has 20 heavy (non-hydrogen) atoms. The van der Waals surface area contributed by atoms with Crippen molar-refractivity contribution in [2.24, 2.45) is 0 Å². The molecule has 0 saturated carbocycles. The monoisotopic (exact) mass is 269 g/mol. The quantitative estimate of drug-likeness (QED) is 0.880. The Kier molecular flexibility index (Phi) is 3.06. The van der Waals surface area contributed by atoms with Gasteiger partial charge >= 0.3 is 0 Å². The average molecular weight is 269 g/mol.